The molecule has 6 nitrogen and oxygen atoms in total. The van der Waals surface area contributed by atoms with Crippen LogP contribution in [-0.2, 0) is 13.6 Å². The number of aromatic nitrogens is 3. The van der Waals surface area contributed by atoms with Gasteiger partial charge in [-0.05, 0) is 24.6 Å². The van der Waals surface area contributed by atoms with Gasteiger partial charge in [0.1, 0.15) is 5.82 Å². The van der Waals surface area contributed by atoms with Crippen molar-refractivity contribution in [2.45, 2.75) is 19.9 Å². The van der Waals surface area contributed by atoms with Crippen molar-refractivity contribution in [1.29, 1.82) is 0 Å². The molecule has 20 heavy (non-hydrogen) atoms. The molecule has 0 fully saturated rings. The largest absolute Gasteiger partial charge is 0.370 e. The Morgan fingerprint density at radius 3 is 2.80 bits per heavy atom. The average molecular weight is 273 g/mol. The molecule has 6 heteroatoms. The van der Waals surface area contributed by atoms with Crippen molar-refractivity contribution in [3.8, 4) is 0 Å². The van der Waals surface area contributed by atoms with E-state index in [4.69, 9.17) is 0 Å². The minimum atomic E-state index is -0.138. The summed E-state index contributed by atoms with van der Waals surface area (Å²) in [5.41, 5.74) is 1.50. The molecule has 0 saturated heterocycles. The summed E-state index contributed by atoms with van der Waals surface area (Å²) in [6, 6.07) is 5.45. The summed E-state index contributed by atoms with van der Waals surface area (Å²) >= 11 is 0. The van der Waals surface area contributed by atoms with Crippen molar-refractivity contribution in [1.82, 2.24) is 20.1 Å². The molecule has 2 aromatic rings. The van der Waals surface area contributed by atoms with Gasteiger partial charge in [-0.25, -0.2) is 4.98 Å². The quantitative estimate of drug-likeness (QED) is 0.838. The van der Waals surface area contributed by atoms with Crippen molar-refractivity contribution >= 4 is 11.7 Å². The lowest BCUT2D eigenvalue weighted by molar-refractivity contribution is 0.0949. The van der Waals surface area contributed by atoms with E-state index in [-0.39, 0.29) is 5.91 Å². The topological polar surface area (TPSA) is 71.8 Å². The molecule has 0 radical (unpaired) electrons. The highest BCUT2D eigenvalue weighted by molar-refractivity contribution is 5.93. The second-order valence-corrected chi connectivity index (χ2v) is 4.49. The first-order chi connectivity index (χ1) is 9.70. The van der Waals surface area contributed by atoms with Crippen LogP contribution in [0.25, 0.3) is 0 Å². The summed E-state index contributed by atoms with van der Waals surface area (Å²) in [5.74, 6) is 0.649. The molecule has 0 saturated carbocycles. The molecular weight excluding hydrogens is 254 g/mol. The van der Waals surface area contributed by atoms with E-state index < -0.39 is 0 Å². The van der Waals surface area contributed by atoms with Crippen molar-refractivity contribution < 1.29 is 4.79 Å². The third kappa shape index (κ3) is 3.57. The number of carbonyl (C=O) groups is 1. The number of pyridine rings is 1. The van der Waals surface area contributed by atoms with Crippen molar-refractivity contribution in [3.63, 3.8) is 0 Å². The maximum Gasteiger partial charge on any atom is 0.253 e. The van der Waals surface area contributed by atoms with Gasteiger partial charge in [0.2, 0.25) is 0 Å². The molecule has 2 heterocycles. The smallest absolute Gasteiger partial charge is 0.253 e. The first kappa shape index (κ1) is 14.0. The predicted octanol–water partition coefficient (Wildman–Crippen LogP) is 1.57. The summed E-state index contributed by atoms with van der Waals surface area (Å²) in [6.45, 7) is 3.41. The van der Waals surface area contributed by atoms with E-state index in [0.29, 0.717) is 12.1 Å². The van der Waals surface area contributed by atoms with Gasteiger partial charge in [-0.3, -0.25) is 9.48 Å². The Morgan fingerprint density at radius 2 is 2.20 bits per heavy atom. The Balaban J connectivity index is 1.90. The van der Waals surface area contributed by atoms with Crippen LogP contribution in [0, 0.1) is 0 Å². The Labute approximate surface area is 118 Å². The fourth-order valence-electron chi connectivity index (χ4n) is 1.73. The summed E-state index contributed by atoms with van der Waals surface area (Å²) in [4.78, 5) is 16.2. The molecule has 0 aromatic carbocycles. The van der Waals surface area contributed by atoms with E-state index in [1.165, 1.54) is 0 Å². The Morgan fingerprint density at radius 1 is 1.35 bits per heavy atom. The van der Waals surface area contributed by atoms with Gasteiger partial charge in [0, 0.05) is 26.0 Å². The average Bonchev–Trinajstić information content (AvgIpc) is 2.88. The van der Waals surface area contributed by atoms with Crippen LogP contribution >= 0.6 is 0 Å². The van der Waals surface area contributed by atoms with Gasteiger partial charge in [-0.1, -0.05) is 6.92 Å². The van der Waals surface area contributed by atoms with Crippen LogP contribution < -0.4 is 10.6 Å². The van der Waals surface area contributed by atoms with Gasteiger partial charge >= 0.3 is 0 Å². The minimum absolute atomic E-state index is 0.138. The molecule has 0 bridgehead atoms. The van der Waals surface area contributed by atoms with E-state index in [1.807, 2.05) is 19.2 Å². The van der Waals surface area contributed by atoms with Crippen LogP contribution in [0.3, 0.4) is 0 Å². The van der Waals surface area contributed by atoms with Crippen LogP contribution in [0.15, 0.2) is 30.6 Å². The number of anilines is 1. The van der Waals surface area contributed by atoms with Crippen LogP contribution in [-0.4, -0.2) is 27.2 Å². The van der Waals surface area contributed by atoms with Crippen molar-refractivity contribution in [2.75, 3.05) is 11.9 Å². The zero-order chi connectivity index (χ0) is 14.4. The van der Waals surface area contributed by atoms with E-state index in [0.717, 1.165) is 24.5 Å². The Kier molecular flexibility index (Phi) is 4.70. The van der Waals surface area contributed by atoms with Gasteiger partial charge in [-0.15, -0.1) is 0 Å². The fourth-order valence-corrected chi connectivity index (χ4v) is 1.73. The lowest BCUT2D eigenvalue weighted by Crippen LogP contribution is -2.24. The third-order valence-electron chi connectivity index (χ3n) is 2.93. The highest BCUT2D eigenvalue weighted by atomic mass is 16.1. The summed E-state index contributed by atoms with van der Waals surface area (Å²) in [6.07, 6.45) is 4.32. The number of nitrogens with one attached hydrogen (secondary N) is 2. The molecule has 0 aliphatic rings. The van der Waals surface area contributed by atoms with Gasteiger partial charge in [-0.2, -0.15) is 5.10 Å². The fraction of sp³-hybridized carbons (Fsp3) is 0.357. The van der Waals surface area contributed by atoms with E-state index in [1.54, 1.807) is 23.1 Å². The first-order valence-corrected chi connectivity index (χ1v) is 6.65. The SMILES string of the molecule is CCCNc1ccc(C(=O)NCc2ccnn2C)cn1. The molecule has 0 unspecified atom stereocenters. The molecule has 2 rings (SSSR count). The lowest BCUT2D eigenvalue weighted by atomic mass is 10.2. The highest BCUT2D eigenvalue weighted by Gasteiger charge is 2.07. The maximum absolute atomic E-state index is 12.0. The van der Waals surface area contributed by atoms with Crippen LogP contribution in [0.4, 0.5) is 5.82 Å². The Hall–Kier alpha value is -2.37. The number of aryl methyl sites for hydroxylation is 1. The number of hydrogen-bond acceptors (Lipinski definition) is 4. The standard InChI is InChI=1S/C14H19N5O/c1-3-7-15-13-5-4-11(9-16-13)14(20)17-10-12-6-8-18-19(12)2/h4-6,8-9H,3,7,10H2,1-2H3,(H,15,16)(H,17,20). The van der Waals surface area contributed by atoms with Crippen LogP contribution in [0.1, 0.15) is 29.4 Å². The monoisotopic (exact) mass is 273 g/mol. The van der Waals surface area contributed by atoms with Crippen molar-refractivity contribution in [3.05, 3.63) is 41.9 Å². The lowest BCUT2D eigenvalue weighted by Gasteiger charge is -2.07. The molecular formula is C14H19N5O. The van der Waals surface area contributed by atoms with Gasteiger partial charge in [0.25, 0.3) is 5.91 Å². The summed E-state index contributed by atoms with van der Waals surface area (Å²) < 4.78 is 1.73. The molecule has 1 amide bonds. The van der Waals surface area contributed by atoms with Crippen LogP contribution in [0.2, 0.25) is 0 Å². The zero-order valence-corrected chi connectivity index (χ0v) is 11.8. The van der Waals surface area contributed by atoms with E-state index in [2.05, 4.69) is 27.6 Å². The van der Waals surface area contributed by atoms with Crippen LogP contribution in [0.5, 0.6) is 0 Å². The third-order valence-corrected chi connectivity index (χ3v) is 2.93. The summed E-state index contributed by atoms with van der Waals surface area (Å²) in [5, 5.41) is 10.1. The molecule has 0 atom stereocenters. The number of amides is 1. The number of hydrogen-bond donors (Lipinski definition) is 2. The Bertz CT molecular complexity index is 561. The first-order valence-electron chi connectivity index (χ1n) is 6.65. The molecule has 0 aliphatic carbocycles. The molecule has 2 aromatic heterocycles. The molecule has 0 aliphatic heterocycles. The highest BCUT2D eigenvalue weighted by Crippen LogP contribution is 2.05. The summed E-state index contributed by atoms with van der Waals surface area (Å²) in [7, 11) is 1.84. The van der Waals surface area contributed by atoms with E-state index in [9.17, 15) is 4.79 Å². The zero-order valence-electron chi connectivity index (χ0n) is 11.8. The molecule has 0 spiro atoms. The minimum Gasteiger partial charge on any atom is -0.370 e. The van der Waals surface area contributed by atoms with Gasteiger partial charge in [0.05, 0.1) is 17.8 Å². The number of rotatable bonds is 6. The second kappa shape index (κ2) is 6.70. The van der Waals surface area contributed by atoms with E-state index >= 15 is 0 Å². The molecule has 106 valence electrons. The molecule has 2 N–H and O–H groups in total. The predicted molar refractivity (Wildman–Crippen MR) is 77.4 cm³/mol. The van der Waals surface area contributed by atoms with Gasteiger partial charge in [0.15, 0.2) is 0 Å². The normalized spacial score (nSPS) is 10.3. The van der Waals surface area contributed by atoms with Crippen molar-refractivity contribution in [2.24, 2.45) is 7.05 Å². The van der Waals surface area contributed by atoms with Gasteiger partial charge < -0.3 is 10.6 Å². The second-order valence-electron chi connectivity index (χ2n) is 4.49. The maximum atomic E-state index is 12.0. The number of carbonyl (C=O) groups excluding carboxylic acids is 1. The number of nitrogens with zero attached hydrogens (tertiary/aromatic N) is 3.